The number of hydrogen-bond acceptors (Lipinski definition) is 5. The predicted molar refractivity (Wildman–Crippen MR) is 70.2 cm³/mol. The predicted octanol–water partition coefficient (Wildman–Crippen LogP) is 1.53. The number of carboxylic acids is 1. The van der Waals surface area contributed by atoms with Crippen molar-refractivity contribution in [3.05, 3.63) is 47.5 Å². The van der Waals surface area contributed by atoms with Gasteiger partial charge in [-0.1, -0.05) is 6.07 Å². The first kappa shape index (κ1) is 12.9. The highest BCUT2D eigenvalue weighted by molar-refractivity contribution is 5.88. The van der Waals surface area contributed by atoms with Crippen LogP contribution in [-0.2, 0) is 6.42 Å². The monoisotopic (exact) mass is 258 g/mol. The lowest BCUT2D eigenvalue weighted by molar-refractivity contribution is 0.0695. The van der Waals surface area contributed by atoms with Gasteiger partial charge in [-0.05, 0) is 25.0 Å². The number of hydrogen-bond donors (Lipinski definition) is 2. The van der Waals surface area contributed by atoms with Gasteiger partial charge in [0, 0.05) is 25.1 Å². The van der Waals surface area contributed by atoms with Gasteiger partial charge in [-0.3, -0.25) is 4.98 Å². The number of carboxylic acid groups (broad SMARTS) is 1. The van der Waals surface area contributed by atoms with Crippen LogP contribution in [-0.4, -0.2) is 32.6 Å². The van der Waals surface area contributed by atoms with Gasteiger partial charge in [-0.2, -0.15) is 0 Å². The van der Waals surface area contributed by atoms with Crippen molar-refractivity contribution in [2.24, 2.45) is 0 Å². The van der Waals surface area contributed by atoms with Gasteiger partial charge in [0.15, 0.2) is 0 Å². The number of nitrogens with zero attached hydrogens (tertiary/aromatic N) is 3. The molecule has 2 rings (SSSR count). The summed E-state index contributed by atoms with van der Waals surface area (Å²) < 4.78 is 0. The summed E-state index contributed by atoms with van der Waals surface area (Å²) in [5.41, 5.74) is 1.69. The Kier molecular flexibility index (Phi) is 4.02. The molecular formula is C13H14N4O2. The minimum absolute atomic E-state index is 0.123. The average Bonchev–Trinajstić information content (AvgIpc) is 2.39. The molecule has 19 heavy (non-hydrogen) atoms. The van der Waals surface area contributed by atoms with E-state index in [1.54, 1.807) is 19.3 Å². The molecule has 0 amide bonds. The fourth-order valence-corrected chi connectivity index (χ4v) is 1.63. The first-order valence-electron chi connectivity index (χ1n) is 5.86. The molecule has 0 fully saturated rings. The molecule has 0 bridgehead atoms. The van der Waals surface area contributed by atoms with Gasteiger partial charge in [0.25, 0.3) is 0 Å². The maximum absolute atomic E-state index is 10.8. The molecule has 0 saturated carbocycles. The highest BCUT2D eigenvalue weighted by atomic mass is 16.4. The van der Waals surface area contributed by atoms with Crippen LogP contribution in [0.2, 0.25) is 0 Å². The number of pyridine rings is 1. The summed E-state index contributed by atoms with van der Waals surface area (Å²) in [4.78, 5) is 22.9. The molecule has 2 aromatic rings. The van der Waals surface area contributed by atoms with E-state index in [2.05, 4.69) is 20.3 Å². The second kappa shape index (κ2) is 5.90. The smallest absolute Gasteiger partial charge is 0.339 e. The van der Waals surface area contributed by atoms with Gasteiger partial charge >= 0.3 is 5.97 Å². The van der Waals surface area contributed by atoms with E-state index in [1.165, 1.54) is 6.20 Å². The Bertz CT molecular complexity index is 572. The van der Waals surface area contributed by atoms with Crippen molar-refractivity contribution in [3.63, 3.8) is 0 Å². The number of aryl methyl sites for hydroxylation is 1. The Hall–Kier alpha value is -2.50. The summed E-state index contributed by atoms with van der Waals surface area (Å²) in [6, 6.07) is 3.88. The highest BCUT2D eigenvalue weighted by Crippen LogP contribution is 2.07. The van der Waals surface area contributed by atoms with E-state index in [0.29, 0.717) is 18.2 Å². The molecule has 0 atom stereocenters. The van der Waals surface area contributed by atoms with Crippen LogP contribution in [0.1, 0.15) is 21.6 Å². The zero-order valence-corrected chi connectivity index (χ0v) is 10.5. The minimum atomic E-state index is -1.01. The van der Waals surface area contributed by atoms with Crippen LogP contribution in [0.3, 0.4) is 0 Å². The largest absolute Gasteiger partial charge is 0.478 e. The average molecular weight is 258 g/mol. The Balaban J connectivity index is 1.93. The quantitative estimate of drug-likeness (QED) is 0.845. The van der Waals surface area contributed by atoms with Crippen LogP contribution in [0.15, 0.2) is 30.7 Å². The second-order valence-corrected chi connectivity index (χ2v) is 4.04. The van der Waals surface area contributed by atoms with Gasteiger partial charge in [-0.25, -0.2) is 14.8 Å². The number of nitrogens with one attached hydrogen (secondary N) is 1. The van der Waals surface area contributed by atoms with Crippen LogP contribution in [0, 0.1) is 6.92 Å². The number of aromatic nitrogens is 3. The Morgan fingerprint density at radius 2 is 2.26 bits per heavy atom. The van der Waals surface area contributed by atoms with E-state index in [-0.39, 0.29) is 5.56 Å². The maximum Gasteiger partial charge on any atom is 0.339 e. The van der Waals surface area contributed by atoms with Crippen LogP contribution < -0.4 is 5.32 Å². The molecule has 2 heterocycles. The van der Waals surface area contributed by atoms with E-state index in [9.17, 15) is 4.79 Å². The third-order valence-electron chi connectivity index (χ3n) is 2.63. The van der Waals surface area contributed by atoms with E-state index >= 15 is 0 Å². The summed E-state index contributed by atoms with van der Waals surface area (Å²) in [5.74, 6) is -0.578. The van der Waals surface area contributed by atoms with Crippen molar-refractivity contribution < 1.29 is 9.90 Å². The van der Waals surface area contributed by atoms with Gasteiger partial charge in [0.1, 0.15) is 0 Å². The Morgan fingerprint density at radius 3 is 2.89 bits per heavy atom. The Labute approximate surface area is 110 Å². The second-order valence-electron chi connectivity index (χ2n) is 4.04. The number of carbonyl (C=O) groups is 1. The van der Waals surface area contributed by atoms with Crippen molar-refractivity contribution in [2.45, 2.75) is 13.3 Å². The lowest BCUT2D eigenvalue weighted by Gasteiger charge is -2.06. The molecule has 0 aliphatic heterocycles. The van der Waals surface area contributed by atoms with Gasteiger partial charge < -0.3 is 10.4 Å². The highest BCUT2D eigenvalue weighted by Gasteiger charge is 2.09. The summed E-state index contributed by atoms with van der Waals surface area (Å²) >= 11 is 0. The van der Waals surface area contributed by atoms with Gasteiger partial charge in [0.2, 0.25) is 5.95 Å². The van der Waals surface area contributed by atoms with Crippen molar-refractivity contribution in [1.82, 2.24) is 15.0 Å². The number of rotatable bonds is 5. The molecule has 2 N–H and O–H groups in total. The van der Waals surface area contributed by atoms with Crippen LogP contribution in [0.5, 0.6) is 0 Å². The van der Waals surface area contributed by atoms with Crippen molar-refractivity contribution in [1.29, 1.82) is 0 Å². The standard InChI is InChI=1S/C13H14N4O2/c1-9-11(12(18)19)8-16-13(17-9)15-6-4-10-3-2-5-14-7-10/h2-3,5,7-8H,4,6H2,1H3,(H,18,19)(H,15,16,17). The van der Waals surface area contributed by atoms with Gasteiger partial charge in [0.05, 0.1) is 11.3 Å². The third kappa shape index (κ3) is 3.48. The van der Waals surface area contributed by atoms with E-state index < -0.39 is 5.97 Å². The molecular weight excluding hydrogens is 244 g/mol. The van der Waals surface area contributed by atoms with E-state index in [0.717, 1.165) is 12.0 Å². The zero-order valence-electron chi connectivity index (χ0n) is 10.5. The molecule has 0 spiro atoms. The SMILES string of the molecule is Cc1nc(NCCc2cccnc2)ncc1C(=O)O. The summed E-state index contributed by atoms with van der Waals surface area (Å²) in [6.07, 6.45) is 5.66. The fraction of sp³-hybridized carbons (Fsp3) is 0.231. The summed E-state index contributed by atoms with van der Waals surface area (Å²) in [5, 5.41) is 11.9. The van der Waals surface area contributed by atoms with Crippen molar-refractivity contribution >= 4 is 11.9 Å². The molecule has 0 unspecified atom stereocenters. The molecule has 0 aromatic carbocycles. The molecule has 2 aromatic heterocycles. The number of aromatic carboxylic acids is 1. The minimum Gasteiger partial charge on any atom is -0.478 e. The first-order valence-corrected chi connectivity index (χ1v) is 5.86. The topological polar surface area (TPSA) is 88.0 Å². The van der Waals surface area contributed by atoms with E-state index in [4.69, 9.17) is 5.11 Å². The molecule has 6 nitrogen and oxygen atoms in total. The molecule has 6 heteroatoms. The molecule has 0 aliphatic rings. The maximum atomic E-state index is 10.8. The molecule has 0 radical (unpaired) electrons. The molecule has 0 aliphatic carbocycles. The van der Waals surface area contributed by atoms with Gasteiger partial charge in [-0.15, -0.1) is 0 Å². The van der Waals surface area contributed by atoms with Crippen LogP contribution in [0.25, 0.3) is 0 Å². The lowest BCUT2D eigenvalue weighted by atomic mass is 10.2. The van der Waals surface area contributed by atoms with Crippen LogP contribution >= 0.6 is 0 Å². The molecule has 98 valence electrons. The number of anilines is 1. The van der Waals surface area contributed by atoms with Crippen molar-refractivity contribution in [2.75, 3.05) is 11.9 Å². The first-order chi connectivity index (χ1) is 9.16. The van der Waals surface area contributed by atoms with E-state index in [1.807, 2.05) is 12.1 Å². The summed E-state index contributed by atoms with van der Waals surface area (Å²) in [6.45, 7) is 2.31. The van der Waals surface area contributed by atoms with Crippen LogP contribution in [0.4, 0.5) is 5.95 Å². The fourth-order valence-electron chi connectivity index (χ4n) is 1.63. The normalized spacial score (nSPS) is 10.2. The Morgan fingerprint density at radius 1 is 1.42 bits per heavy atom. The zero-order chi connectivity index (χ0) is 13.7. The summed E-state index contributed by atoms with van der Waals surface area (Å²) in [7, 11) is 0. The lowest BCUT2D eigenvalue weighted by Crippen LogP contribution is -2.11. The third-order valence-corrected chi connectivity index (χ3v) is 2.63. The van der Waals surface area contributed by atoms with Crippen molar-refractivity contribution in [3.8, 4) is 0 Å². The molecule has 0 saturated heterocycles.